The first-order valence-corrected chi connectivity index (χ1v) is 8.70. The van der Waals surface area contributed by atoms with Crippen molar-refractivity contribution in [3.8, 4) is 5.75 Å². The molecule has 4 nitrogen and oxygen atoms in total. The third kappa shape index (κ3) is 5.27. The number of carbonyl (C=O) groups excluding carboxylic acids is 1. The first-order valence-electron chi connectivity index (χ1n) is 8.70. The van der Waals surface area contributed by atoms with Crippen molar-refractivity contribution in [3.63, 3.8) is 0 Å². The van der Waals surface area contributed by atoms with Crippen LogP contribution in [0.1, 0.15) is 37.7 Å². The van der Waals surface area contributed by atoms with Gasteiger partial charge in [0, 0.05) is 18.5 Å². The van der Waals surface area contributed by atoms with E-state index in [0.29, 0.717) is 18.4 Å². The minimum atomic E-state index is -4.70. The lowest BCUT2D eigenvalue weighted by Gasteiger charge is -2.43. The Bertz CT molecular complexity index is 595. The van der Waals surface area contributed by atoms with Gasteiger partial charge in [0.05, 0.1) is 0 Å². The van der Waals surface area contributed by atoms with E-state index in [9.17, 15) is 18.0 Å². The molecule has 3 rings (SSSR count). The summed E-state index contributed by atoms with van der Waals surface area (Å²) in [5.74, 6) is 0.600. The van der Waals surface area contributed by atoms with E-state index >= 15 is 0 Å². The molecule has 146 valence electrons. The molecule has 1 amide bonds. The fraction of sp³-hybridized carbons (Fsp3) is 0.611. The van der Waals surface area contributed by atoms with Gasteiger partial charge in [0.25, 0.3) is 0 Å². The van der Waals surface area contributed by atoms with Crippen LogP contribution in [0.5, 0.6) is 5.75 Å². The van der Waals surface area contributed by atoms with Gasteiger partial charge < -0.3 is 15.8 Å². The Labute approximate surface area is 157 Å². The average molecular weight is 393 g/mol. The summed E-state index contributed by atoms with van der Waals surface area (Å²) in [6.45, 7) is 0.295. The molecule has 2 bridgehead atoms. The Balaban J connectivity index is 0.00000243. The lowest BCUT2D eigenvalue weighted by atomic mass is 9.65. The van der Waals surface area contributed by atoms with Gasteiger partial charge in [-0.1, -0.05) is 18.6 Å². The highest BCUT2D eigenvalue weighted by atomic mass is 35.5. The van der Waals surface area contributed by atoms with Crippen molar-refractivity contribution in [2.24, 2.45) is 23.5 Å². The van der Waals surface area contributed by atoms with Crippen LogP contribution in [0, 0.1) is 17.8 Å². The van der Waals surface area contributed by atoms with E-state index in [2.05, 4.69) is 10.1 Å². The van der Waals surface area contributed by atoms with Crippen LogP contribution in [0.4, 0.5) is 13.2 Å². The van der Waals surface area contributed by atoms with Crippen LogP contribution in [0.2, 0.25) is 0 Å². The summed E-state index contributed by atoms with van der Waals surface area (Å²) < 4.78 is 40.2. The van der Waals surface area contributed by atoms with Crippen molar-refractivity contribution in [3.05, 3.63) is 29.8 Å². The van der Waals surface area contributed by atoms with E-state index in [4.69, 9.17) is 5.73 Å². The number of halogens is 4. The Morgan fingerprint density at radius 2 is 1.73 bits per heavy atom. The lowest BCUT2D eigenvalue weighted by molar-refractivity contribution is -0.274. The number of ether oxygens (including phenoxy) is 1. The van der Waals surface area contributed by atoms with Crippen molar-refractivity contribution in [2.45, 2.75) is 51.1 Å². The molecule has 0 spiro atoms. The van der Waals surface area contributed by atoms with Gasteiger partial charge in [0.1, 0.15) is 5.75 Å². The van der Waals surface area contributed by atoms with Crippen molar-refractivity contribution >= 4 is 18.3 Å². The predicted molar refractivity (Wildman–Crippen MR) is 93.8 cm³/mol. The molecule has 2 saturated carbocycles. The SMILES string of the molecule is Cl.NC1C2CCCC1CC(C(=O)NCc1ccc(OC(F)(F)F)cc1)C2. The van der Waals surface area contributed by atoms with Crippen LogP contribution in [0.15, 0.2) is 24.3 Å². The molecule has 2 fully saturated rings. The maximum atomic E-state index is 12.4. The largest absolute Gasteiger partial charge is 0.573 e. The highest BCUT2D eigenvalue weighted by Crippen LogP contribution is 2.41. The number of fused-ring (bicyclic) bond motifs is 2. The molecule has 0 aliphatic heterocycles. The van der Waals surface area contributed by atoms with Crippen LogP contribution >= 0.6 is 12.4 Å². The molecule has 0 aromatic heterocycles. The van der Waals surface area contributed by atoms with Gasteiger partial charge in [-0.05, 0) is 55.2 Å². The normalized spacial score (nSPS) is 28.0. The molecule has 26 heavy (non-hydrogen) atoms. The fourth-order valence-electron chi connectivity index (χ4n) is 4.15. The van der Waals surface area contributed by atoms with Crippen molar-refractivity contribution in [2.75, 3.05) is 0 Å². The molecule has 0 radical (unpaired) electrons. The molecular weight excluding hydrogens is 369 g/mol. The summed E-state index contributed by atoms with van der Waals surface area (Å²) in [5.41, 5.74) is 6.98. The average Bonchev–Trinajstić information content (AvgIpc) is 2.52. The van der Waals surface area contributed by atoms with Crippen LogP contribution < -0.4 is 15.8 Å². The maximum Gasteiger partial charge on any atom is 0.573 e. The monoisotopic (exact) mass is 392 g/mol. The van der Waals surface area contributed by atoms with Gasteiger partial charge >= 0.3 is 6.36 Å². The Hall–Kier alpha value is -1.47. The molecule has 2 atom stereocenters. The highest BCUT2D eigenvalue weighted by molar-refractivity contribution is 5.85. The van der Waals surface area contributed by atoms with E-state index in [1.165, 1.54) is 30.7 Å². The third-order valence-electron chi connectivity index (χ3n) is 5.41. The Kier molecular flexibility index (Phi) is 6.80. The summed E-state index contributed by atoms with van der Waals surface area (Å²) >= 11 is 0. The van der Waals surface area contributed by atoms with Crippen molar-refractivity contribution in [1.82, 2.24) is 5.32 Å². The topological polar surface area (TPSA) is 64.4 Å². The fourth-order valence-corrected chi connectivity index (χ4v) is 4.15. The van der Waals surface area contributed by atoms with Gasteiger partial charge in [0.15, 0.2) is 0 Å². The van der Waals surface area contributed by atoms with Crippen LogP contribution in [-0.4, -0.2) is 18.3 Å². The maximum absolute atomic E-state index is 12.4. The van der Waals surface area contributed by atoms with Gasteiger partial charge in [0.2, 0.25) is 5.91 Å². The van der Waals surface area contributed by atoms with E-state index in [-0.39, 0.29) is 36.0 Å². The number of nitrogens with one attached hydrogen (secondary N) is 1. The standard InChI is InChI=1S/C18H23F3N2O2.ClH/c19-18(20,21)25-15-6-4-11(5-7-15)10-23-17(24)14-8-12-2-1-3-13(9-14)16(12)22;/h4-7,12-14,16H,1-3,8-10,22H2,(H,23,24);1H. The van der Waals surface area contributed by atoms with E-state index in [1.54, 1.807) is 0 Å². The number of benzene rings is 1. The molecule has 8 heteroatoms. The molecule has 1 aromatic carbocycles. The number of alkyl halides is 3. The lowest BCUT2D eigenvalue weighted by Crippen LogP contribution is -2.49. The first-order chi connectivity index (χ1) is 11.8. The number of amides is 1. The van der Waals surface area contributed by atoms with Gasteiger partial charge in [-0.2, -0.15) is 0 Å². The molecule has 3 N–H and O–H groups in total. The highest BCUT2D eigenvalue weighted by Gasteiger charge is 2.40. The van der Waals surface area contributed by atoms with Crippen LogP contribution in [0.25, 0.3) is 0 Å². The molecular formula is C18H24ClF3N2O2. The summed E-state index contributed by atoms with van der Waals surface area (Å²) in [6, 6.07) is 5.76. The summed E-state index contributed by atoms with van der Waals surface area (Å²) in [6.07, 6.45) is 0.368. The number of carbonyl (C=O) groups is 1. The molecule has 2 aliphatic carbocycles. The van der Waals surface area contributed by atoms with Gasteiger partial charge in [-0.25, -0.2) is 0 Å². The second kappa shape index (κ2) is 8.48. The molecule has 2 unspecified atom stereocenters. The number of hydrogen-bond acceptors (Lipinski definition) is 3. The van der Waals surface area contributed by atoms with Gasteiger partial charge in [-0.15, -0.1) is 25.6 Å². The first kappa shape index (κ1) is 20.8. The minimum absolute atomic E-state index is 0. The molecule has 0 heterocycles. The number of rotatable bonds is 4. The molecule has 2 aliphatic rings. The minimum Gasteiger partial charge on any atom is -0.406 e. The zero-order valence-electron chi connectivity index (χ0n) is 14.3. The summed E-state index contributed by atoms with van der Waals surface area (Å²) in [4.78, 5) is 12.4. The summed E-state index contributed by atoms with van der Waals surface area (Å²) in [5, 5.41) is 2.90. The number of hydrogen-bond donors (Lipinski definition) is 2. The van der Waals surface area contributed by atoms with E-state index in [0.717, 1.165) is 31.2 Å². The predicted octanol–water partition coefficient (Wildman–Crippen LogP) is 3.78. The smallest absolute Gasteiger partial charge is 0.406 e. The van der Waals surface area contributed by atoms with Gasteiger partial charge in [-0.3, -0.25) is 4.79 Å². The quantitative estimate of drug-likeness (QED) is 0.819. The van der Waals surface area contributed by atoms with E-state index in [1.807, 2.05) is 0 Å². The molecule has 1 aromatic rings. The second-order valence-electron chi connectivity index (χ2n) is 7.11. The van der Waals surface area contributed by atoms with Crippen LogP contribution in [-0.2, 0) is 11.3 Å². The zero-order chi connectivity index (χ0) is 18.0. The molecule has 0 saturated heterocycles. The number of nitrogens with two attached hydrogens (primary N) is 1. The van der Waals surface area contributed by atoms with Crippen molar-refractivity contribution in [1.29, 1.82) is 0 Å². The third-order valence-corrected chi connectivity index (χ3v) is 5.41. The summed E-state index contributed by atoms with van der Waals surface area (Å²) in [7, 11) is 0. The van der Waals surface area contributed by atoms with Crippen molar-refractivity contribution < 1.29 is 22.7 Å². The second-order valence-corrected chi connectivity index (χ2v) is 7.11. The zero-order valence-corrected chi connectivity index (χ0v) is 15.1. The Morgan fingerprint density at radius 3 is 2.27 bits per heavy atom. The Morgan fingerprint density at radius 1 is 1.15 bits per heavy atom. The van der Waals surface area contributed by atoms with E-state index < -0.39 is 6.36 Å². The van der Waals surface area contributed by atoms with Crippen LogP contribution in [0.3, 0.4) is 0 Å².